The number of aliphatic hydroxyl groups is 1. The molecule has 1 rings (SSSR count). The molecule has 106 valence electrons. The van der Waals surface area contributed by atoms with Crippen molar-refractivity contribution in [2.24, 2.45) is 0 Å². The summed E-state index contributed by atoms with van der Waals surface area (Å²) in [5.74, 6) is 0.617. The highest BCUT2D eigenvalue weighted by atomic mass is 16.5. The van der Waals surface area contributed by atoms with Crippen molar-refractivity contribution in [2.45, 2.75) is 25.8 Å². The van der Waals surface area contributed by atoms with E-state index in [0.717, 1.165) is 12.8 Å². The van der Waals surface area contributed by atoms with Crippen LogP contribution in [0.2, 0.25) is 0 Å². The van der Waals surface area contributed by atoms with Crippen LogP contribution in [0, 0.1) is 0 Å². The Labute approximate surface area is 114 Å². The van der Waals surface area contributed by atoms with Crippen LogP contribution >= 0.6 is 0 Å². The van der Waals surface area contributed by atoms with E-state index >= 15 is 0 Å². The second-order valence-electron chi connectivity index (χ2n) is 4.43. The van der Waals surface area contributed by atoms with E-state index in [1.54, 1.807) is 13.2 Å². The molecule has 1 unspecified atom stereocenters. The maximum absolute atomic E-state index is 11.7. The summed E-state index contributed by atoms with van der Waals surface area (Å²) >= 11 is 0. The second-order valence-corrected chi connectivity index (χ2v) is 4.43. The average molecular weight is 266 g/mol. The van der Waals surface area contributed by atoms with E-state index in [9.17, 15) is 4.79 Å². The Morgan fingerprint density at radius 1 is 1.47 bits per heavy atom. The largest absolute Gasteiger partial charge is 0.497 e. The van der Waals surface area contributed by atoms with Crippen molar-refractivity contribution in [1.82, 2.24) is 5.32 Å². The van der Waals surface area contributed by atoms with Crippen molar-refractivity contribution in [3.05, 3.63) is 24.3 Å². The van der Waals surface area contributed by atoms with Gasteiger partial charge in [-0.25, -0.2) is 0 Å². The van der Waals surface area contributed by atoms with Gasteiger partial charge >= 0.3 is 0 Å². The normalized spacial score (nSPS) is 11.9. The lowest BCUT2D eigenvalue weighted by atomic mass is 10.2. The molecule has 0 fully saturated rings. The van der Waals surface area contributed by atoms with E-state index < -0.39 is 0 Å². The van der Waals surface area contributed by atoms with Gasteiger partial charge in [-0.15, -0.1) is 0 Å². The lowest BCUT2D eigenvalue weighted by Crippen LogP contribution is -2.34. The minimum absolute atomic E-state index is 0.0934. The predicted octanol–water partition coefficient (Wildman–Crippen LogP) is 1.38. The topological polar surface area (TPSA) is 70.6 Å². The maximum Gasteiger partial charge on any atom is 0.238 e. The van der Waals surface area contributed by atoms with Crippen molar-refractivity contribution in [2.75, 3.05) is 25.6 Å². The Hall–Kier alpha value is -1.59. The average Bonchev–Trinajstić information content (AvgIpc) is 2.43. The molecule has 0 heterocycles. The highest BCUT2D eigenvalue weighted by Crippen LogP contribution is 2.16. The van der Waals surface area contributed by atoms with E-state index in [1.165, 1.54) is 0 Å². The summed E-state index contributed by atoms with van der Waals surface area (Å²) in [6.45, 7) is 2.43. The molecular formula is C14H22N2O3. The van der Waals surface area contributed by atoms with Crippen LogP contribution in [0.5, 0.6) is 5.75 Å². The first-order chi connectivity index (χ1) is 9.15. The minimum atomic E-state index is -0.0934. The molecule has 0 saturated carbocycles. The number of aliphatic hydroxyl groups excluding tert-OH is 1. The molecule has 0 aromatic heterocycles. The van der Waals surface area contributed by atoms with Crippen molar-refractivity contribution in [1.29, 1.82) is 0 Å². The van der Waals surface area contributed by atoms with Gasteiger partial charge in [0.25, 0.3) is 0 Å². The fraction of sp³-hybridized carbons (Fsp3) is 0.500. The van der Waals surface area contributed by atoms with Gasteiger partial charge in [-0.3, -0.25) is 4.79 Å². The number of carbonyl (C=O) groups is 1. The summed E-state index contributed by atoms with van der Waals surface area (Å²) in [6, 6.07) is 7.45. The van der Waals surface area contributed by atoms with Crippen molar-refractivity contribution in [3.63, 3.8) is 0 Å². The highest BCUT2D eigenvalue weighted by Gasteiger charge is 2.06. The number of carbonyl (C=O) groups excluding carboxylic acids is 1. The van der Waals surface area contributed by atoms with E-state index in [4.69, 9.17) is 9.84 Å². The third-order valence-electron chi connectivity index (χ3n) is 2.76. The molecule has 3 N–H and O–H groups in total. The van der Waals surface area contributed by atoms with Crippen LogP contribution in [0.3, 0.4) is 0 Å². The number of hydrogen-bond donors (Lipinski definition) is 3. The number of anilines is 1. The smallest absolute Gasteiger partial charge is 0.238 e. The molecular weight excluding hydrogens is 244 g/mol. The molecule has 0 aliphatic heterocycles. The number of methoxy groups -OCH3 is 1. The molecule has 1 amide bonds. The first kappa shape index (κ1) is 15.5. The van der Waals surface area contributed by atoms with Gasteiger partial charge in [0, 0.05) is 24.4 Å². The van der Waals surface area contributed by atoms with Crippen molar-refractivity contribution >= 4 is 11.6 Å². The van der Waals surface area contributed by atoms with E-state index in [-0.39, 0.29) is 25.1 Å². The fourth-order valence-corrected chi connectivity index (χ4v) is 1.67. The number of ether oxygens (including phenoxy) is 1. The summed E-state index contributed by atoms with van der Waals surface area (Å²) < 4.78 is 5.09. The van der Waals surface area contributed by atoms with Gasteiger partial charge < -0.3 is 20.5 Å². The van der Waals surface area contributed by atoms with Crippen LogP contribution in [0.1, 0.15) is 19.8 Å². The highest BCUT2D eigenvalue weighted by molar-refractivity contribution is 5.92. The SMILES string of the molecule is COc1cccc(NC(=O)CNC(C)CCCO)c1. The van der Waals surface area contributed by atoms with Crippen molar-refractivity contribution < 1.29 is 14.6 Å². The number of nitrogens with one attached hydrogen (secondary N) is 2. The molecule has 0 spiro atoms. The molecule has 0 aliphatic rings. The molecule has 0 aliphatic carbocycles. The van der Waals surface area contributed by atoms with Crippen LogP contribution in [-0.2, 0) is 4.79 Å². The predicted molar refractivity (Wildman–Crippen MR) is 75.4 cm³/mol. The summed E-state index contributed by atoms with van der Waals surface area (Å²) in [4.78, 5) is 11.7. The zero-order valence-corrected chi connectivity index (χ0v) is 11.5. The van der Waals surface area contributed by atoms with Gasteiger partial charge in [0.1, 0.15) is 5.75 Å². The van der Waals surface area contributed by atoms with Gasteiger partial charge in [-0.1, -0.05) is 6.07 Å². The zero-order chi connectivity index (χ0) is 14.1. The van der Waals surface area contributed by atoms with Crippen LogP contribution < -0.4 is 15.4 Å². The van der Waals surface area contributed by atoms with E-state index in [0.29, 0.717) is 11.4 Å². The number of amides is 1. The molecule has 0 radical (unpaired) electrons. The standard InChI is InChI=1S/C14H22N2O3/c1-11(5-4-8-17)15-10-14(18)16-12-6-3-7-13(9-12)19-2/h3,6-7,9,11,15,17H,4-5,8,10H2,1-2H3,(H,16,18). The second kappa shape index (κ2) is 8.50. The molecule has 19 heavy (non-hydrogen) atoms. The van der Waals surface area contributed by atoms with E-state index in [2.05, 4.69) is 10.6 Å². The van der Waals surface area contributed by atoms with Crippen LogP contribution in [0.25, 0.3) is 0 Å². The maximum atomic E-state index is 11.7. The quantitative estimate of drug-likeness (QED) is 0.665. The van der Waals surface area contributed by atoms with Crippen LogP contribution in [-0.4, -0.2) is 37.3 Å². The Morgan fingerprint density at radius 3 is 2.95 bits per heavy atom. The number of benzene rings is 1. The molecule has 5 nitrogen and oxygen atoms in total. The Balaban J connectivity index is 2.34. The Morgan fingerprint density at radius 2 is 2.26 bits per heavy atom. The lowest BCUT2D eigenvalue weighted by molar-refractivity contribution is -0.115. The lowest BCUT2D eigenvalue weighted by Gasteiger charge is -2.13. The van der Waals surface area contributed by atoms with Gasteiger partial charge in [0.05, 0.1) is 13.7 Å². The summed E-state index contributed by atoms with van der Waals surface area (Å²) in [7, 11) is 1.59. The molecule has 1 aromatic carbocycles. The minimum Gasteiger partial charge on any atom is -0.497 e. The van der Waals surface area contributed by atoms with Gasteiger partial charge in [0.2, 0.25) is 5.91 Å². The molecule has 0 bridgehead atoms. The molecule has 0 saturated heterocycles. The first-order valence-corrected chi connectivity index (χ1v) is 6.44. The molecule has 1 aromatic rings. The zero-order valence-electron chi connectivity index (χ0n) is 11.5. The number of rotatable bonds is 8. The van der Waals surface area contributed by atoms with Gasteiger partial charge in [-0.05, 0) is 31.9 Å². The Kier molecular flexibility index (Phi) is 6.92. The first-order valence-electron chi connectivity index (χ1n) is 6.44. The van der Waals surface area contributed by atoms with E-state index in [1.807, 2.05) is 25.1 Å². The fourth-order valence-electron chi connectivity index (χ4n) is 1.67. The van der Waals surface area contributed by atoms with Crippen LogP contribution in [0.4, 0.5) is 5.69 Å². The summed E-state index contributed by atoms with van der Waals surface area (Å²) in [5.41, 5.74) is 0.717. The Bertz CT molecular complexity index is 396. The number of hydrogen-bond acceptors (Lipinski definition) is 4. The summed E-state index contributed by atoms with van der Waals surface area (Å²) in [5, 5.41) is 14.6. The third-order valence-corrected chi connectivity index (χ3v) is 2.76. The monoisotopic (exact) mass is 266 g/mol. The van der Waals surface area contributed by atoms with Crippen molar-refractivity contribution in [3.8, 4) is 5.75 Å². The molecule has 1 atom stereocenters. The summed E-state index contributed by atoms with van der Waals surface area (Å²) in [6.07, 6.45) is 1.59. The third kappa shape index (κ3) is 6.22. The van der Waals surface area contributed by atoms with Crippen LogP contribution in [0.15, 0.2) is 24.3 Å². The van der Waals surface area contributed by atoms with Gasteiger partial charge in [-0.2, -0.15) is 0 Å². The molecule has 5 heteroatoms. The van der Waals surface area contributed by atoms with Gasteiger partial charge in [0.15, 0.2) is 0 Å².